The molecule has 0 spiro atoms. The van der Waals surface area contributed by atoms with Gasteiger partial charge in [0, 0.05) is 49.3 Å². The number of anilines is 2. The van der Waals surface area contributed by atoms with Gasteiger partial charge in [0.1, 0.15) is 0 Å². The van der Waals surface area contributed by atoms with Crippen LogP contribution in [-0.2, 0) is 0 Å². The average molecular weight is 383 g/mol. The van der Waals surface area contributed by atoms with Gasteiger partial charge in [-0.1, -0.05) is 58.4 Å². The highest BCUT2D eigenvalue weighted by atomic mass is 15.4. The maximum Gasteiger partial charge on any atom is 0.0941 e. The Bertz CT molecular complexity index is 588. The molecular weight excluding hydrogens is 344 g/mol. The highest BCUT2D eigenvalue weighted by molar-refractivity contribution is 5.62. The molecule has 2 aliphatic rings. The van der Waals surface area contributed by atoms with Crippen LogP contribution in [0.4, 0.5) is 11.4 Å². The Morgan fingerprint density at radius 2 is 1.14 bits per heavy atom. The van der Waals surface area contributed by atoms with E-state index in [2.05, 4.69) is 82.5 Å². The summed E-state index contributed by atoms with van der Waals surface area (Å²) in [5.41, 5.74) is 2.55. The van der Waals surface area contributed by atoms with Gasteiger partial charge in [0.05, 0.1) is 13.3 Å². The van der Waals surface area contributed by atoms with Crippen LogP contribution < -0.4 is 9.80 Å². The molecule has 0 atom stereocenters. The first-order chi connectivity index (χ1) is 13.8. The molecule has 0 unspecified atom stereocenters. The predicted molar refractivity (Wildman–Crippen MR) is 121 cm³/mol. The summed E-state index contributed by atoms with van der Waals surface area (Å²) >= 11 is 0. The maximum absolute atomic E-state index is 2.43. The summed E-state index contributed by atoms with van der Waals surface area (Å²) in [5, 5.41) is 0. The lowest BCUT2D eigenvalue weighted by Gasteiger charge is -2.24. The van der Waals surface area contributed by atoms with Gasteiger partial charge < -0.3 is 19.6 Å². The number of nitrogens with zero attached hydrogens (tertiary/aromatic N) is 4. The normalized spacial score (nSPS) is 16.1. The van der Waals surface area contributed by atoms with Gasteiger partial charge in [-0.05, 0) is 31.0 Å². The Hall–Kier alpha value is -2.10. The molecule has 3 rings (SSSR count). The summed E-state index contributed by atoms with van der Waals surface area (Å²) in [6.45, 7) is 8.80. The van der Waals surface area contributed by atoms with Crippen molar-refractivity contribution in [1.82, 2.24) is 9.80 Å². The summed E-state index contributed by atoms with van der Waals surface area (Å²) in [6, 6.07) is 8.93. The van der Waals surface area contributed by atoms with E-state index in [1.54, 1.807) is 0 Å². The molecule has 0 aliphatic carbocycles. The smallest absolute Gasteiger partial charge is 0.0941 e. The number of benzene rings is 1. The Labute approximate surface area is 172 Å². The number of unbranched alkanes of at least 4 members (excludes halogenated alkanes) is 6. The lowest BCUT2D eigenvalue weighted by Crippen LogP contribution is -2.27. The van der Waals surface area contributed by atoms with E-state index >= 15 is 0 Å². The van der Waals surface area contributed by atoms with E-state index in [0.29, 0.717) is 0 Å². The lowest BCUT2D eigenvalue weighted by atomic mass is 10.2. The van der Waals surface area contributed by atoms with E-state index < -0.39 is 0 Å². The largest absolute Gasteiger partial charge is 0.358 e. The molecular formula is C24H38N4. The van der Waals surface area contributed by atoms with Gasteiger partial charge in [0.15, 0.2) is 0 Å². The second-order valence-electron chi connectivity index (χ2n) is 8.08. The molecule has 0 aromatic heterocycles. The van der Waals surface area contributed by atoms with E-state index in [0.717, 1.165) is 26.4 Å². The molecule has 0 radical (unpaired) electrons. The molecule has 0 saturated carbocycles. The van der Waals surface area contributed by atoms with Crippen molar-refractivity contribution in [3.63, 3.8) is 0 Å². The van der Waals surface area contributed by atoms with Crippen LogP contribution in [0, 0.1) is 0 Å². The summed E-state index contributed by atoms with van der Waals surface area (Å²) < 4.78 is 0. The molecule has 0 saturated heterocycles. The Balaban J connectivity index is 1.47. The highest BCUT2D eigenvalue weighted by Gasteiger charge is 2.17. The Morgan fingerprint density at radius 3 is 1.61 bits per heavy atom. The Morgan fingerprint density at radius 1 is 0.643 bits per heavy atom. The molecule has 4 heteroatoms. The molecule has 4 nitrogen and oxygen atoms in total. The van der Waals surface area contributed by atoms with Gasteiger partial charge in [-0.25, -0.2) is 0 Å². The van der Waals surface area contributed by atoms with E-state index in [1.165, 1.54) is 62.7 Å². The minimum absolute atomic E-state index is 0.967. The number of hydrogen-bond acceptors (Lipinski definition) is 4. The van der Waals surface area contributed by atoms with Crippen molar-refractivity contribution < 1.29 is 0 Å². The van der Waals surface area contributed by atoms with E-state index in [9.17, 15) is 0 Å². The van der Waals surface area contributed by atoms with Crippen LogP contribution >= 0.6 is 0 Å². The first kappa shape index (κ1) is 20.6. The van der Waals surface area contributed by atoms with Crippen LogP contribution in [0.25, 0.3) is 0 Å². The third-order valence-electron chi connectivity index (χ3n) is 5.67. The van der Waals surface area contributed by atoms with Crippen LogP contribution in [0.2, 0.25) is 0 Å². The molecule has 2 aliphatic heterocycles. The van der Waals surface area contributed by atoms with Gasteiger partial charge in [0.2, 0.25) is 0 Å². The molecule has 154 valence electrons. The minimum atomic E-state index is 0.967. The molecule has 0 fully saturated rings. The van der Waals surface area contributed by atoms with Crippen molar-refractivity contribution in [2.45, 2.75) is 65.2 Å². The summed E-state index contributed by atoms with van der Waals surface area (Å²) in [6.07, 6.45) is 19.5. The second kappa shape index (κ2) is 11.0. The Kier molecular flexibility index (Phi) is 8.13. The van der Waals surface area contributed by atoms with Crippen LogP contribution in [0.15, 0.2) is 49.1 Å². The van der Waals surface area contributed by atoms with E-state index in [-0.39, 0.29) is 0 Å². The zero-order valence-electron chi connectivity index (χ0n) is 17.9. The van der Waals surface area contributed by atoms with Crippen molar-refractivity contribution in [2.24, 2.45) is 0 Å². The molecule has 0 amide bonds. The van der Waals surface area contributed by atoms with Crippen molar-refractivity contribution in [2.75, 3.05) is 36.2 Å². The van der Waals surface area contributed by atoms with Crippen LogP contribution in [0.1, 0.15) is 65.2 Å². The third-order valence-corrected chi connectivity index (χ3v) is 5.67. The molecule has 0 N–H and O–H groups in total. The van der Waals surface area contributed by atoms with Crippen molar-refractivity contribution in [1.29, 1.82) is 0 Å². The predicted octanol–water partition coefficient (Wildman–Crippen LogP) is 5.95. The minimum Gasteiger partial charge on any atom is -0.358 e. The molecule has 28 heavy (non-hydrogen) atoms. The van der Waals surface area contributed by atoms with Gasteiger partial charge in [-0.2, -0.15) is 0 Å². The van der Waals surface area contributed by atoms with Gasteiger partial charge in [-0.15, -0.1) is 0 Å². The quantitative estimate of drug-likeness (QED) is 0.414. The third kappa shape index (κ3) is 5.95. The van der Waals surface area contributed by atoms with Gasteiger partial charge >= 0.3 is 0 Å². The molecule has 0 bridgehead atoms. The first-order valence-electron chi connectivity index (χ1n) is 11.3. The average Bonchev–Trinajstić information content (AvgIpc) is 3.39. The van der Waals surface area contributed by atoms with E-state index in [4.69, 9.17) is 0 Å². The lowest BCUT2D eigenvalue weighted by molar-refractivity contribution is 0.389. The zero-order valence-corrected chi connectivity index (χ0v) is 17.9. The van der Waals surface area contributed by atoms with Crippen molar-refractivity contribution in [3.05, 3.63) is 49.1 Å². The first-order valence-corrected chi connectivity index (χ1v) is 11.3. The topological polar surface area (TPSA) is 13.0 Å². The monoisotopic (exact) mass is 382 g/mol. The second-order valence-corrected chi connectivity index (χ2v) is 8.08. The summed E-state index contributed by atoms with van der Waals surface area (Å²) in [5.74, 6) is 0. The number of hydrogen-bond donors (Lipinski definition) is 0. The van der Waals surface area contributed by atoms with Crippen molar-refractivity contribution >= 4 is 11.4 Å². The fourth-order valence-corrected chi connectivity index (χ4v) is 3.89. The van der Waals surface area contributed by atoms with Crippen LogP contribution in [0.5, 0.6) is 0 Å². The fourth-order valence-electron chi connectivity index (χ4n) is 3.89. The van der Waals surface area contributed by atoms with Gasteiger partial charge in [0.25, 0.3) is 0 Å². The van der Waals surface area contributed by atoms with Crippen LogP contribution in [-0.4, -0.2) is 36.2 Å². The standard InChI is InChI=1S/C24H38N4/c1-3-5-7-9-14-25-16-18-27(21-25)23-12-11-13-24(20-23)28-19-17-26(22-28)15-10-8-6-4-2/h11-13,16-20H,3-10,14-15,21-22H2,1-2H3. The summed E-state index contributed by atoms with van der Waals surface area (Å²) in [4.78, 5) is 9.56. The molecule has 1 aromatic carbocycles. The maximum atomic E-state index is 2.43. The SMILES string of the molecule is CCCCCCN1C=CN(c2cccc(N3C=CN(CCCCCC)C3)c2)C1. The van der Waals surface area contributed by atoms with Crippen molar-refractivity contribution in [3.8, 4) is 0 Å². The highest BCUT2D eigenvalue weighted by Crippen LogP contribution is 2.27. The fraction of sp³-hybridized carbons (Fsp3) is 0.583. The van der Waals surface area contributed by atoms with Crippen LogP contribution in [0.3, 0.4) is 0 Å². The molecule has 2 heterocycles. The number of rotatable bonds is 12. The van der Waals surface area contributed by atoms with Gasteiger partial charge in [-0.3, -0.25) is 0 Å². The van der Waals surface area contributed by atoms with E-state index in [1.807, 2.05) is 0 Å². The molecule has 1 aromatic rings. The summed E-state index contributed by atoms with van der Waals surface area (Å²) in [7, 11) is 0. The zero-order chi connectivity index (χ0) is 19.6.